The topological polar surface area (TPSA) is 82.4 Å². The zero-order valence-corrected chi connectivity index (χ0v) is 18.1. The van der Waals surface area contributed by atoms with E-state index in [9.17, 15) is 9.18 Å². The fraction of sp³-hybridized carbons (Fsp3) is 0.565. The van der Waals surface area contributed by atoms with Gasteiger partial charge in [0.15, 0.2) is 11.9 Å². The van der Waals surface area contributed by atoms with Crippen LogP contribution in [0, 0.1) is 17.2 Å². The molecular weight excluding hydrogens is 397 g/mol. The molecule has 3 heterocycles. The van der Waals surface area contributed by atoms with Gasteiger partial charge < -0.3 is 14.5 Å². The zero-order valence-electron chi connectivity index (χ0n) is 18.1. The normalized spacial score (nSPS) is 25.0. The summed E-state index contributed by atoms with van der Waals surface area (Å²) in [5, 5.41) is 9.09. The number of nitriles is 1. The van der Waals surface area contributed by atoms with E-state index in [4.69, 9.17) is 10.00 Å². The van der Waals surface area contributed by atoms with Crippen molar-refractivity contribution < 1.29 is 13.9 Å². The van der Waals surface area contributed by atoms with Gasteiger partial charge in [0.25, 0.3) is 5.91 Å². The maximum Gasteiger partial charge on any atom is 0.263 e. The van der Waals surface area contributed by atoms with Crippen LogP contribution in [0.3, 0.4) is 0 Å². The highest BCUT2D eigenvalue weighted by Gasteiger charge is 2.39. The molecule has 1 amide bonds. The Morgan fingerprint density at radius 2 is 1.94 bits per heavy atom. The van der Waals surface area contributed by atoms with Crippen molar-refractivity contribution in [2.45, 2.75) is 58.1 Å². The second kappa shape index (κ2) is 9.04. The Morgan fingerprint density at radius 3 is 2.58 bits per heavy atom. The molecule has 1 aromatic rings. The van der Waals surface area contributed by atoms with Crippen LogP contribution < -0.4 is 4.90 Å². The van der Waals surface area contributed by atoms with E-state index in [0.29, 0.717) is 13.0 Å². The van der Waals surface area contributed by atoms with E-state index in [0.717, 1.165) is 49.4 Å². The summed E-state index contributed by atoms with van der Waals surface area (Å²) in [5.41, 5.74) is 1.88. The number of aromatic nitrogens is 2. The summed E-state index contributed by atoms with van der Waals surface area (Å²) >= 11 is 0. The third-order valence-electron chi connectivity index (χ3n) is 6.46. The predicted molar refractivity (Wildman–Crippen MR) is 113 cm³/mol. The Labute approximate surface area is 182 Å². The van der Waals surface area contributed by atoms with Crippen molar-refractivity contribution in [2.75, 3.05) is 24.5 Å². The first-order valence-corrected chi connectivity index (χ1v) is 11.0. The first-order chi connectivity index (χ1) is 15.0. The molecule has 0 saturated carbocycles. The fourth-order valence-corrected chi connectivity index (χ4v) is 4.44. The molecule has 1 unspecified atom stereocenters. The van der Waals surface area contributed by atoms with Crippen LogP contribution in [0.5, 0.6) is 0 Å². The first-order valence-electron chi connectivity index (χ1n) is 11.0. The molecule has 0 N–H and O–H groups in total. The number of aryl methyl sites for hydroxylation is 1. The van der Waals surface area contributed by atoms with Crippen LogP contribution in [0.2, 0.25) is 0 Å². The van der Waals surface area contributed by atoms with Gasteiger partial charge in [-0.15, -0.1) is 0 Å². The third kappa shape index (κ3) is 4.41. The van der Waals surface area contributed by atoms with Crippen molar-refractivity contribution in [1.82, 2.24) is 14.9 Å². The van der Waals surface area contributed by atoms with Gasteiger partial charge in [0, 0.05) is 50.9 Å². The number of halogens is 1. The summed E-state index contributed by atoms with van der Waals surface area (Å²) in [4.78, 5) is 25.9. The maximum atomic E-state index is 14.4. The Hall–Kier alpha value is -2.95. The number of hydrogen-bond acceptors (Lipinski definition) is 6. The van der Waals surface area contributed by atoms with E-state index < -0.39 is 17.8 Å². The predicted octanol–water partition coefficient (Wildman–Crippen LogP) is 3.30. The van der Waals surface area contributed by atoms with E-state index >= 15 is 0 Å². The van der Waals surface area contributed by atoms with E-state index in [-0.39, 0.29) is 24.1 Å². The molecule has 1 aromatic heterocycles. The van der Waals surface area contributed by atoms with Gasteiger partial charge >= 0.3 is 0 Å². The summed E-state index contributed by atoms with van der Waals surface area (Å²) < 4.78 is 20.1. The average Bonchev–Trinajstić information content (AvgIpc) is 3.16. The van der Waals surface area contributed by atoms with E-state index in [1.54, 1.807) is 13.0 Å². The van der Waals surface area contributed by atoms with Crippen LogP contribution in [0.4, 0.5) is 10.3 Å². The van der Waals surface area contributed by atoms with E-state index in [1.807, 2.05) is 17.3 Å². The number of likely N-dealkylation sites (tertiary alicyclic amines) is 1. The van der Waals surface area contributed by atoms with Gasteiger partial charge in [-0.1, -0.05) is 12.5 Å². The molecule has 0 radical (unpaired) electrons. The van der Waals surface area contributed by atoms with Crippen LogP contribution in [0.1, 0.15) is 45.1 Å². The summed E-state index contributed by atoms with van der Waals surface area (Å²) in [5.74, 6) is -0.147. The molecule has 1 aliphatic carbocycles. The second-order valence-electron chi connectivity index (χ2n) is 8.43. The minimum absolute atomic E-state index is 0.0125. The largest absolute Gasteiger partial charge is 0.478 e. The first kappa shape index (κ1) is 21.3. The fourth-order valence-electron chi connectivity index (χ4n) is 4.44. The van der Waals surface area contributed by atoms with E-state index in [1.165, 1.54) is 0 Å². The zero-order chi connectivity index (χ0) is 22.0. The molecule has 2 atom stereocenters. The smallest absolute Gasteiger partial charge is 0.263 e. The number of carbonyl (C=O) groups excluding carboxylic acids is 1. The quantitative estimate of drug-likeness (QED) is 0.720. The maximum absolute atomic E-state index is 14.4. The summed E-state index contributed by atoms with van der Waals surface area (Å²) in [6, 6.07) is 2.24. The Morgan fingerprint density at radius 1 is 1.23 bits per heavy atom. The number of hydrogen-bond donors (Lipinski definition) is 0. The summed E-state index contributed by atoms with van der Waals surface area (Å²) in [6.07, 6.45) is 7.80. The molecular formula is C23H28FN5O2. The molecule has 2 saturated heterocycles. The van der Waals surface area contributed by atoms with Gasteiger partial charge in [-0.2, -0.15) is 5.26 Å². The van der Waals surface area contributed by atoms with Crippen molar-refractivity contribution in [3.8, 4) is 6.07 Å². The van der Waals surface area contributed by atoms with Crippen LogP contribution in [0.25, 0.3) is 0 Å². The van der Waals surface area contributed by atoms with Gasteiger partial charge in [0.05, 0.1) is 12.0 Å². The number of anilines is 1. The summed E-state index contributed by atoms with van der Waals surface area (Å²) in [7, 11) is 0. The Balaban J connectivity index is 1.33. The number of amides is 1. The summed E-state index contributed by atoms with van der Waals surface area (Å²) in [6.45, 7) is 6.08. The van der Waals surface area contributed by atoms with E-state index in [2.05, 4.69) is 27.9 Å². The molecule has 2 aliphatic heterocycles. The Bertz CT molecular complexity index is 928. The highest BCUT2D eigenvalue weighted by atomic mass is 19.1. The molecule has 4 rings (SSSR count). The van der Waals surface area contributed by atoms with Gasteiger partial charge in [-0.25, -0.2) is 14.4 Å². The number of nitrogens with zero attached hydrogens (tertiary/aromatic N) is 5. The molecule has 3 aliphatic rings. The van der Waals surface area contributed by atoms with Crippen molar-refractivity contribution in [1.29, 1.82) is 5.26 Å². The number of rotatable bonds is 5. The number of allylic oxidation sites excluding steroid dienone is 3. The molecule has 7 nitrogen and oxygen atoms in total. The van der Waals surface area contributed by atoms with Crippen molar-refractivity contribution in [3.63, 3.8) is 0 Å². The van der Waals surface area contributed by atoms with Crippen LogP contribution in [-0.2, 0) is 16.0 Å². The average molecular weight is 426 g/mol. The molecule has 2 fully saturated rings. The minimum atomic E-state index is -0.661. The lowest BCUT2D eigenvalue weighted by Gasteiger charge is -2.36. The second-order valence-corrected chi connectivity index (χ2v) is 8.43. The van der Waals surface area contributed by atoms with Crippen molar-refractivity contribution >= 4 is 11.9 Å². The van der Waals surface area contributed by atoms with Crippen molar-refractivity contribution in [3.05, 3.63) is 41.2 Å². The van der Waals surface area contributed by atoms with Gasteiger partial charge in [-0.3, -0.25) is 4.79 Å². The molecule has 0 bridgehead atoms. The SMILES string of the molecule is CCc1cnc(N2CCC(N3CC[C@H](OC4=C(F)CC(C#N)C(C)=C4)C3=O)CC2)nc1. The third-order valence-corrected chi connectivity index (χ3v) is 6.46. The van der Waals surface area contributed by atoms with Gasteiger partial charge in [0.1, 0.15) is 5.83 Å². The molecule has 8 heteroatoms. The lowest BCUT2D eigenvalue weighted by atomic mass is 9.92. The molecule has 31 heavy (non-hydrogen) atoms. The molecule has 0 spiro atoms. The van der Waals surface area contributed by atoms with Crippen molar-refractivity contribution in [2.24, 2.45) is 5.92 Å². The number of ether oxygens (including phenoxy) is 1. The lowest BCUT2D eigenvalue weighted by Crippen LogP contribution is -2.47. The van der Waals surface area contributed by atoms with Crippen LogP contribution in [0.15, 0.2) is 35.6 Å². The van der Waals surface area contributed by atoms with Gasteiger partial charge in [-0.05, 0) is 37.8 Å². The monoisotopic (exact) mass is 425 g/mol. The van der Waals surface area contributed by atoms with Crippen LogP contribution in [-0.4, -0.2) is 52.6 Å². The highest BCUT2D eigenvalue weighted by Crippen LogP contribution is 2.33. The molecule has 0 aromatic carbocycles. The Kier molecular flexibility index (Phi) is 6.21. The molecule has 164 valence electrons. The minimum Gasteiger partial charge on any atom is -0.478 e. The lowest BCUT2D eigenvalue weighted by molar-refractivity contribution is -0.137. The van der Waals surface area contributed by atoms with Gasteiger partial charge in [0.2, 0.25) is 5.95 Å². The number of carbonyl (C=O) groups is 1. The number of piperidine rings is 1. The van der Waals surface area contributed by atoms with Crippen LogP contribution >= 0.6 is 0 Å². The highest BCUT2D eigenvalue weighted by molar-refractivity contribution is 5.83. The standard InChI is InChI=1S/C23H28FN5O2/c1-3-16-13-26-23(27-14-16)28-7-4-18(5-8-28)29-9-6-20(22(29)30)31-21-10-15(2)17(12-25)11-19(21)24/h10,13-14,17-18,20H,3-9,11H2,1-2H3/t17?,20-/m0/s1.